The van der Waals surface area contributed by atoms with Crippen LogP contribution < -0.4 is 10.2 Å². The highest BCUT2D eigenvalue weighted by atomic mass is 16.3. The van der Waals surface area contributed by atoms with E-state index in [1.807, 2.05) is 19.1 Å². The minimum absolute atomic E-state index is 0.0129. The average molecular weight is 576 g/mol. The molecule has 3 N–H and O–H groups in total. The number of H-pyrrole nitrogens is 1. The second-order valence-corrected chi connectivity index (χ2v) is 10.9. The fourth-order valence-corrected chi connectivity index (χ4v) is 5.31. The number of hydrogen-bond acceptors (Lipinski definition) is 7. The van der Waals surface area contributed by atoms with E-state index in [0.29, 0.717) is 39.0 Å². The summed E-state index contributed by atoms with van der Waals surface area (Å²) in [6.07, 6.45) is 1.62. The Hall–Kier alpha value is -5.22. The van der Waals surface area contributed by atoms with Gasteiger partial charge in [0.1, 0.15) is 5.69 Å². The van der Waals surface area contributed by atoms with Crippen LogP contribution in [-0.4, -0.2) is 75.9 Å². The fourth-order valence-electron chi connectivity index (χ4n) is 5.31. The molecular weight excluding hydrogens is 542 g/mol. The first-order chi connectivity index (χ1) is 20.7. The molecule has 6 rings (SSSR count). The Bertz CT molecular complexity index is 1830. The van der Waals surface area contributed by atoms with E-state index in [4.69, 9.17) is 0 Å². The van der Waals surface area contributed by atoms with Gasteiger partial charge in [-0.2, -0.15) is 5.10 Å². The molecule has 0 spiro atoms. The molecule has 0 aliphatic carbocycles. The topological polar surface area (TPSA) is 119 Å². The molecule has 1 saturated heterocycles. The van der Waals surface area contributed by atoms with Gasteiger partial charge in [-0.1, -0.05) is 0 Å². The number of carbonyl (C=O) groups is 2. The van der Waals surface area contributed by atoms with Crippen LogP contribution in [0.15, 0.2) is 77.8 Å². The molecule has 0 bridgehead atoms. The smallest absolute Gasteiger partial charge is 0.273 e. The summed E-state index contributed by atoms with van der Waals surface area (Å²) in [6, 6.07) is 21.8. The van der Waals surface area contributed by atoms with E-state index in [2.05, 4.69) is 49.4 Å². The first-order valence-electron chi connectivity index (χ1n) is 14.1. The van der Waals surface area contributed by atoms with E-state index >= 15 is 0 Å². The molecule has 1 amide bonds. The van der Waals surface area contributed by atoms with E-state index < -0.39 is 0 Å². The largest absolute Gasteiger partial charge is 0.494 e. The fraction of sp³-hybridized carbons (Fsp3) is 0.212. The molecular formula is C33H33N7O3. The lowest BCUT2D eigenvalue weighted by Crippen LogP contribution is -2.44. The van der Waals surface area contributed by atoms with Crippen LogP contribution in [0.2, 0.25) is 0 Å². The molecule has 1 fully saturated rings. The van der Waals surface area contributed by atoms with Gasteiger partial charge in [-0.05, 0) is 86.8 Å². The van der Waals surface area contributed by atoms with Gasteiger partial charge in [0.2, 0.25) is 0 Å². The number of carbonyl (C=O) groups excluding carboxylic acids is 2. The first kappa shape index (κ1) is 27.9. The zero-order valence-corrected chi connectivity index (χ0v) is 24.3. The number of aromatic nitrogens is 3. The molecule has 218 valence electrons. The number of anilines is 2. The maximum absolute atomic E-state index is 13.4. The van der Waals surface area contributed by atoms with Crippen molar-refractivity contribution in [1.29, 1.82) is 0 Å². The number of aromatic amines is 1. The number of piperazine rings is 1. The molecule has 10 heteroatoms. The van der Waals surface area contributed by atoms with Crippen LogP contribution in [0.1, 0.15) is 37.7 Å². The number of fused-ring (bicyclic) bond motifs is 1. The van der Waals surface area contributed by atoms with E-state index in [1.54, 1.807) is 61.8 Å². The second-order valence-electron chi connectivity index (χ2n) is 10.9. The molecule has 0 radical (unpaired) electrons. The number of ketones is 1. The molecule has 0 saturated carbocycles. The molecule has 0 unspecified atom stereocenters. The highest BCUT2D eigenvalue weighted by Crippen LogP contribution is 2.29. The van der Waals surface area contributed by atoms with Gasteiger partial charge >= 0.3 is 0 Å². The summed E-state index contributed by atoms with van der Waals surface area (Å²) in [4.78, 5) is 38.2. The monoisotopic (exact) mass is 575 g/mol. The summed E-state index contributed by atoms with van der Waals surface area (Å²) < 4.78 is 1.53. The van der Waals surface area contributed by atoms with E-state index in [-0.39, 0.29) is 17.6 Å². The van der Waals surface area contributed by atoms with Crippen molar-refractivity contribution in [2.75, 3.05) is 43.4 Å². The van der Waals surface area contributed by atoms with Gasteiger partial charge in [-0.15, -0.1) is 0 Å². The highest BCUT2D eigenvalue weighted by molar-refractivity contribution is 6.12. The quantitative estimate of drug-likeness (QED) is 0.188. The van der Waals surface area contributed by atoms with Gasteiger partial charge in [0.25, 0.3) is 5.91 Å². The van der Waals surface area contributed by atoms with Crippen molar-refractivity contribution >= 4 is 45.9 Å². The summed E-state index contributed by atoms with van der Waals surface area (Å²) in [6.45, 7) is 5.90. The van der Waals surface area contributed by atoms with Gasteiger partial charge in [0.05, 0.1) is 16.9 Å². The Kier molecular flexibility index (Phi) is 7.52. The number of aliphatic imine (C=N–C) groups is 1. The third-order valence-electron chi connectivity index (χ3n) is 7.78. The van der Waals surface area contributed by atoms with Crippen molar-refractivity contribution in [3.63, 3.8) is 0 Å². The number of benzene rings is 3. The van der Waals surface area contributed by atoms with Crippen LogP contribution in [0, 0.1) is 6.92 Å². The Balaban J connectivity index is 1.17. The van der Waals surface area contributed by atoms with Gasteiger partial charge in [-0.3, -0.25) is 19.3 Å². The van der Waals surface area contributed by atoms with Crippen molar-refractivity contribution in [2.45, 2.75) is 6.92 Å². The van der Waals surface area contributed by atoms with E-state index in [1.165, 1.54) is 10.4 Å². The molecule has 0 atom stereocenters. The summed E-state index contributed by atoms with van der Waals surface area (Å²) in [5.74, 6) is -0.466. The third-order valence-corrected chi connectivity index (χ3v) is 7.78. The predicted molar refractivity (Wildman–Crippen MR) is 169 cm³/mol. The Morgan fingerprint density at radius 3 is 2.30 bits per heavy atom. The van der Waals surface area contributed by atoms with Gasteiger partial charge in [0, 0.05) is 72.8 Å². The summed E-state index contributed by atoms with van der Waals surface area (Å²) in [5, 5.41) is 18.4. The minimum Gasteiger partial charge on any atom is -0.494 e. The van der Waals surface area contributed by atoms with Crippen LogP contribution in [0.4, 0.5) is 17.1 Å². The summed E-state index contributed by atoms with van der Waals surface area (Å²) in [5.41, 5.74) is 5.87. The molecule has 3 heterocycles. The lowest BCUT2D eigenvalue weighted by Gasteiger charge is -2.34. The normalized spacial score (nSPS) is 14.1. The molecule has 5 aromatic rings. The van der Waals surface area contributed by atoms with E-state index in [9.17, 15) is 14.7 Å². The molecule has 10 nitrogen and oxygen atoms in total. The third kappa shape index (κ3) is 5.91. The maximum atomic E-state index is 13.4. The number of rotatable bonds is 7. The zero-order chi connectivity index (χ0) is 30.1. The summed E-state index contributed by atoms with van der Waals surface area (Å²) >= 11 is 0. The van der Waals surface area contributed by atoms with E-state index in [0.717, 1.165) is 37.6 Å². The summed E-state index contributed by atoms with van der Waals surface area (Å²) in [7, 11) is 3.86. The zero-order valence-electron chi connectivity index (χ0n) is 24.3. The first-order valence-corrected chi connectivity index (χ1v) is 14.1. The van der Waals surface area contributed by atoms with Crippen molar-refractivity contribution in [3.05, 3.63) is 101 Å². The van der Waals surface area contributed by atoms with Crippen LogP contribution in [0.5, 0.6) is 5.88 Å². The number of aromatic hydroxyl groups is 1. The van der Waals surface area contributed by atoms with Crippen molar-refractivity contribution < 1.29 is 14.7 Å². The van der Waals surface area contributed by atoms with Crippen LogP contribution >= 0.6 is 0 Å². The Labute approximate surface area is 249 Å². The Morgan fingerprint density at radius 1 is 0.930 bits per heavy atom. The standard InChI is InChI=1S/C33H33N7O3/c1-21-18-30(39(3)37-21)33(43)35-25-7-4-22(5-8-25)31(41)23-6-13-29-27(19-23)28(32(42)36-29)20-34-24-9-11-26(12-10-24)40-16-14-38(2)15-17-40/h4-13,18-20,36,42H,14-17H2,1-3H3,(H,35,43). The van der Waals surface area contributed by atoms with Crippen molar-refractivity contribution in [3.8, 4) is 5.88 Å². The van der Waals surface area contributed by atoms with Crippen molar-refractivity contribution in [2.24, 2.45) is 12.0 Å². The highest BCUT2D eigenvalue weighted by Gasteiger charge is 2.17. The molecule has 3 aromatic carbocycles. The van der Waals surface area contributed by atoms with Gasteiger partial charge in [-0.25, -0.2) is 0 Å². The van der Waals surface area contributed by atoms with Gasteiger partial charge < -0.3 is 25.2 Å². The molecule has 1 aliphatic rings. The van der Waals surface area contributed by atoms with Crippen LogP contribution in [0.25, 0.3) is 10.9 Å². The number of nitrogens with zero attached hydrogens (tertiary/aromatic N) is 5. The lowest BCUT2D eigenvalue weighted by molar-refractivity contribution is 0.101. The number of hydrogen-bond donors (Lipinski definition) is 3. The molecule has 2 aromatic heterocycles. The Morgan fingerprint density at radius 2 is 1.63 bits per heavy atom. The number of likely N-dealkylation sites (N-methyl/N-ethyl adjacent to an activating group) is 1. The number of aryl methyl sites for hydroxylation is 2. The van der Waals surface area contributed by atoms with Crippen LogP contribution in [-0.2, 0) is 7.05 Å². The second kappa shape index (κ2) is 11.6. The lowest BCUT2D eigenvalue weighted by atomic mass is 10.0. The predicted octanol–water partition coefficient (Wildman–Crippen LogP) is 4.90. The molecule has 43 heavy (non-hydrogen) atoms. The van der Waals surface area contributed by atoms with Gasteiger partial charge in [0.15, 0.2) is 11.7 Å². The van der Waals surface area contributed by atoms with Crippen molar-refractivity contribution in [1.82, 2.24) is 19.7 Å². The number of nitrogens with one attached hydrogen (secondary N) is 2. The molecule has 1 aliphatic heterocycles. The minimum atomic E-state index is -0.278. The number of amides is 1. The van der Waals surface area contributed by atoms with Crippen LogP contribution in [0.3, 0.4) is 0 Å². The maximum Gasteiger partial charge on any atom is 0.273 e. The SMILES string of the molecule is Cc1cc(C(=O)Nc2ccc(C(=O)c3ccc4[nH]c(O)c(C=Nc5ccc(N6CCN(C)CC6)cc5)c4c3)cc2)n(C)n1. The average Bonchev–Trinajstić information content (AvgIpc) is 3.52.